The minimum absolute atomic E-state index is 0.668. The summed E-state index contributed by atoms with van der Waals surface area (Å²) in [6.07, 6.45) is 3.81. The van der Waals surface area contributed by atoms with Crippen molar-refractivity contribution >= 4 is 5.69 Å². The van der Waals surface area contributed by atoms with Crippen molar-refractivity contribution in [1.82, 2.24) is 10.3 Å². The van der Waals surface area contributed by atoms with Crippen LogP contribution in [0, 0.1) is 5.92 Å². The maximum atomic E-state index is 4.40. The summed E-state index contributed by atoms with van der Waals surface area (Å²) in [5.74, 6) is 0.668. The van der Waals surface area contributed by atoms with E-state index in [9.17, 15) is 0 Å². The van der Waals surface area contributed by atoms with Crippen LogP contribution >= 0.6 is 0 Å². The molecule has 1 heterocycles. The quantitative estimate of drug-likeness (QED) is 0.716. The number of aromatic nitrogens is 1. The molecule has 1 aromatic rings. The van der Waals surface area contributed by atoms with Gasteiger partial charge in [-0.15, -0.1) is 6.58 Å². The topological polar surface area (TPSA) is 28.2 Å². The van der Waals surface area contributed by atoms with Crippen molar-refractivity contribution in [2.45, 2.75) is 27.3 Å². The van der Waals surface area contributed by atoms with Crippen LogP contribution in [-0.2, 0) is 6.54 Å². The maximum absolute atomic E-state index is 4.40. The summed E-state index contributed by atoms with van der Waals surface area (Å²) in [4.78, 5) is 6.68. The molecule has 1 N–H and O–H groups in total. The van der Waals surface area contributed by atoms with Crippen LogP contribution in [0.25, 0.3) is 0 Å². The lowest BCUT2D eigenvalue weighted by molar-refractivity contribution is 0.548. The molecule has 0 saturated heterocycles. The van der Waals surface area contributed by atoms with Gasteiger partial charge >= 0.3 is 0 Å². The van der Waals surface area contributed by atoms with Gasteiger partial charge in [-0.3, -0.25) is 4.98 Å². The third-order valence-corrected chi connectivity index (χ3v) is 2.76. The first-order valence-corrected chi connectivity index (χ1v) is 6.68. The van der Waals surface area contributed by atoms with Crippen molar-refractivity contribution in [3.63, 3.8) is 0 Å². The maximum Gasteiger partial charge on any atom is 0.0562 e. The molecule has 3 nitrogen and oxygen atoms in total. The molecule has 0 aliphatic rings. The average Bonchev–Trinajstić information content (AvgIpc) is 2.36. The average molecular weight is 247 g/mol. The van der Waals surface area contributed by atoms with Crippen LogP contribution in [0.5, 0.6) is 0 Å². The molecule has 0 aromatic carbocycles. The van der Waals surface area contributed by atoms with Crippen LogP contribution in [0.3, 0.4) is 0 Å². The Morgan fingerprint density at radius 1 is 1.50 bits per heavy atom. The second kappa shape index (κ2) is 7.88. The number of nitrogens with zero attached hydrogens (tertiary/aromatic N) is 2. The first-order chi connectivity index (χ1) is 8.67. The fraction of sp³-hybridized carbons (Fsp3) is 0.533. The van der Waals surface area contributed by atoms with E-state index in [2.05, 4.69) is 54.7 Å². The number of anilines is 1. The molecule has 1 aromatic heterocycles. The van der Waals surface area contributed by atoms with Gasteiger partial charge in [0.25, 0.3) is 0 Å². The van der Waals surface area contributed by atoms with Gasteiger partial charge in [-0.25, -0.2) is 0 Å². The van der Waals surface area contributed by atoms with E-state index in [1.807, 2.05) is 12.3 Å². The lowest BCUT2D eigenvalue weighted by Crippen LogP contribution is -2.23. The number of rotatable bonds is 8. The van der Waals surface area contributed by atoms with Crippen molar-refractivity contribution in [3.8, 4) is 0 Å². The summed E-state index contributed by atoms with van der Waals surface area (Å²) in [6, 6.07) is 4.21. The summed E-state index contributed by atoms with van der Waals surface area (Å²) >= 11 is 0. The number of hydrogen-bond acceptors (Lipinski definition) is 3. The fourth-order valence-electron chi connectivity index (χ4n) is 1.82. The Labute approximate surface area is 111 Å². The molecule has 0 atom stereocenters. The Kier molecular flexibility index (Phi) is 6.44. The summed E-state index contributed by atoms with van der Waals surface area (Å²) in [5.41, 5.74) is 2.31. The second-order valence-electron chi connectivity index (χ2n) is 4.86. The van der Waals surface area contributed by atoms with Crippen molar-refractivity contribution in [2.24, 2.45) is 5.92 Å². The van der Waals surface area contributed by atoms with E-state index >= 15 is 0 Å². The SMILES string of the molecule is C=CCN(CC)c1ccnc(CNCC(C)C)c1. The molecule has 0 aliphatic carbocycles. The van der Waals surface area contributed by atoms with Crippen LogP contribution in [-0.4, -0.2) is 24.6 Å². The number of hydrogen-bond donors (Lipinski definition) is 1. The minimum atomic E-state index is 0.668. The number of pyridine rings is 1. The highest BCUT2D eigenvalue weighted by molar-refractivity contribution is 5.46. The highest BCUT2D eigenvalue weighted by atomic mass is 15.1. The highest BCUT2D eigenvalue weighted by Crippen LogP contribution is 2.14. The van der Waals surface area contributed by atoms with Crippen LogP contribution in [0.2, 0.25) is 0 Å². The highest BCUT2D eigenvalue weighted by Gasteiger charge is 2.04. The smallest absolute Gasteiger partial charge is 0.0562 e. The third-order valence-electron chi connectivity index (χ3n) is 2.76. The molecule has 0 unspecified atom stereocenters. The molecule has 3 heteroatoms. The van der Waals surface area contributed by atoms with Crippen LogP contribution in [0.4, 0.5) is 5.69 Å². The third kappa shape index (κ3) is 4.88. The van der Waals surface area contributed by atoms with E-state index in [0.29, 0.717) is 5.92 Å². The molecule has 0 saturated carbocycles. The summed E-state index contributed by atoms with van der Waals surface area (Å²) < 4.78 is 0. The standard InChI is InChI=1S/C15H25N3/c1-5-9-18(6-2)15-7-8-17-14(10-15)12-16-11-13(3)4/h5,7-8,10,13,16H,1,6,9,11-12H2,2-4H3. The predicted octanol–water partition coefficient (Wildman–Crippen LogP) is 2.84. The summed E-state index contributed by atoms with van der Waals surface area (Å²) in [7, 11) is 0. The molecule has 0 amide bonds. The van der Waals surface area contributed by atoms with Crippen molar-refractivity contribution < 1.29 is 0 Å². The normalized spacial score (nSPS) is 10.7. The predicted molar refractivity (Wildman–Crippen MR) is 78.9 cm³/mol. The zero-order chi connectivity index (χ0) is 13.4. The van der Waals surface area contributed by atoms with Gasteiger partial charge in [0.05, 0.1) is 5.69 Å². The Balaban J connectivity index is 2.63. The largest absolute Gasteiger partial charge is 0.368 e. The molecular formula is C15H25N3. The molecule has 0 bridgehead atoms. The lowest BCUT2D eigenvalue weighted by atomic mass is 10.2. The Morgan fingerprint density at radius 2 is 2.28 bits per heavy atom. The first-order valence-electron chi connectivity index (χ1n) is 6.68. The van der Waals surface area contributed by atoms with Crippen molar-refractivity contribution in [3.05, 3.63) is 36.7 Å². The molecule has 0 fully saturated rings. The Bertz CT molecular complexity index is 361. The number of likely N-dealkylation sites (N-methyl/N-ethyl adjacent to an activating group) is 1. The minimum Gasteiger partial charge on any atom is -0.368 e. The second-order valence-corrected chi connectivity index (χ2v) is 4.86. The van der Waals surface area contributed by atoms with Crippen molar-refractivity contribution in [2.75, 3.05) is 24.5 Å². The van der Waals surface area contributed by atoms with Gasteiger partial charge in [0.1, 0.15) is 0 Å². The van der Waals surface area contributed by atoms with Crippen LogP contribution in [0.15, 0.2) is 31.0 Å². The van der Waals surface area contributed by atoms with Gasteiger partial charge in [0.15, 0.2) is 0 Å². The van der Waals surface area contributed by atoms with E-state index in [1.54, 1.807) is 0 Å². The van der Waals surface area contributed by atoms with Gasteiger partial charge in [-0.2, -0.15) is 0 Å². The molecule has 0 aliphatic heterocycles. The summed E-state index contributed by atoms with van der Waals surface area (Å²) in [6.45, 7) is 14.1. The zero-order valence-electron chi connectivity index (χ0n) is 11.8. The lowest BCUT2D eigenvalue weighted by Gasteiger charge is -2.21. The molecule has 1 rings (SSSR count). The molecule has 0 radical (unpaired) electrons. The summed E-state index contributed by atoms with van der Waals surface area (Å²) in [5, 5.41) is 3.42. The van der Waals surface area contributed by atoms with E-state index in [0.717, 1.165) is 31.9 Å². The molecular weight excluding hydrogens is 222 g/mol. The van der Waals surface area contributed by atoms with E-state index < -0.39 is 0 Å². The van der Waals surface area contributed by atoms with E-state index in [-0.39, 0.29) is 0 Å². The van der Waals surface area contributed by atoms with Crippen LogP contribution < -0.4 is 10.2 Å². The van der Waals surface area contributed by atoms with Gasteiger partial charge in [0.2, 0.25) is 0 Å². The van der Waals surface area contributed by atoms with Crippen LogP contribution in [0.1, 0.15) is 26.5 Å². The first kappa shape index (κ1) is 14.7. The number of nitrogens with one attached hydrogen (secondary N) is 1. The van der Waals surface area contributed by atoms with E-state index in [1.165, 1.54) is 5.69 Å². The zero-order valence-corrected chi connectivity index (χ0v) is 11.8. The van der Waals surface area contributed by atoms with Gasteiger partial charge in [-0.05, 0) is 31.5 Å². The van der Waals surface area contributed by atoms with Gasteiger partial charge < -0.3 is 10.2 Å². The molecule has 0 spiro atoms. The van der Waals surface area contributed by atoms with Gasteiger partial charge in [0, 0.05) is 31.5 Å². The van der Waals surface area contributed by atoms with E-state index in [4.69, 9.17) is 0 Å². The fourth-order valence-corrected chi connectivity index (χ4v) is 1.82. The molecule has 100 valence electrons. The van der Waals surface area contributed by atoms with Crippen molar-refractivity contribution in [1.29, 1.82) is 0 Å². The Morgan fingerprint density at radius 3 is 2.89 bits per heavy atom. The Hall–Kier alpha value is -1.35. The molecule has 18 heavy (non-hydrogen) atoms. The monoisotopic (exact) mass is 247 g/mol. The van der Waals surface area contributed by atoms with Gasteiger partial charge in [-0.1, -0.05) is 19.9 Å².